The summed E-state index contributed by atoms with van der Waals surface area (Å²) in [5, 5.41) is 4.01. The van der Waals surface area contributed by atoms with Crippen molar-refractivity contribution in [1.82, 2.24) is 10.9 Å². The second-order valence-corrected chi connectivity index (χ2v) is 7.37. The van der Waals surface area contributed by atoms with Crippen molar-refractivity contribution in [3.8, 4) is 0 Å². The standard InChI is InChI=1S/C18H20ClN3OS2/c1-12-3-5-14(6-4-12)10-25-11-17(23)21-22-18(24)20-15-7-8-16(19)13(2)9-15/h3-9H,10-11H2,1-2H3,(H,21,23)(H2,20,22,24). The van der Waals surface area contributed by atoms with Gasteiger partial charge < -0.3 is 5.32 Å². The zero-order chi connectivity index (χ0) is 18.2. The average Bonchev–Trinajstić information content (AvgIpc) is 2.58. The van der Waals surface area contributed by atoms with Crippen molar-refractivity contribution < 1.29 is 4.79 Å². The van der Waals surface area contributed by atoms with Crippen LogP contribution in [0.2, 0.25) is 5.02 Å². The van der Waals surface area contributed by atoms with Gasteiger partial charge in [0.2, 0.25) is 5.91 Å². The number of nitrogens with one attached hydrogen (secondary N) is 3. The van der Waals surface area contributed by atoms with Gasteiger partial charge in [0.15, 0.2) is 5.11 Å². The van der Waals surface area contributed by atoms with E-state index in [1.165, 1.54) is 11.1 Å². The number of hydrogen-bond acceptors (Lipinski definition) is 3. The summed E-state index contributed by atoms with van der Waals surface area (Å²) >= 11 is 12.7. The average molecular weight is 394 g/mol. The number of thioether (sulfide) groups is 1. The van der Waals surface area contributed by atoms with E-state index in [9.17, 15) is 4.79 Å². The second kappa shape index (κ2) is 9.65. The van der Waals surface area contributed by atoms with Gasteiger partial charge >= 0.3 is 0 Å². The van der Waals surface area contributed by atoms with Gasteiger partial charge in [-0.1, -0.05) is 41.4 Å². The lowest BCUT2D eigenvalue weighted by Crippen LogP contribution is -2.44. The Bertz CT molecular complexity index is 750. The molecule has 132 valence electrons. The van der Waals surface area contributed by atoms with Crippen LogP contribution < -0.4 is 16.2 Å². The molecular weight excluding hydrogens is 374 g/mol. The third kappa shape index (κ3) is 6.94. The SMILES string of the molecule is Cc1ccc(CSCC(=O)NNC(=S)Nc2ccc(Cl)c(C)c2)cc1. The number of rotatable bonds is 5. The fourth-order valence-corrected chi connectivity index (χ4v) is 3.07. The van der Waals surface area contributed by atoms with Crippen molar-refractivity contribution in [3.05, 3.63) is 64.2 Å². The fraction of sp³-hybridized carbons (Fsp3) is 0.222. The lowest BCUT2D eigenvalue weighted by atomic mass is 10.2. The van der Waals surface area contributed by atoms with Crippen LogP contribution in [-0.4, -0.2) is 16.8 Å². The van der Waals surface area contributed by atoms with E-state index in [2.05, 4.69) is 47.4 Å². The van der Waals surface area contributed by atoms with Crippen molar-refractivity contribution >= 4 is 52.3 Å². The minimum atomic E-state index is -0.131. The van der Waals surface area contributed by atoms with Crippen LogP contribution in [0.4, 0.5) is 5.69 Å². The Morgan fingerprint density at radius 3 is 2.52 bits per heavy atom. The number of hydrogen-bond donors (Lipinski definition) is 3. The van der Waals surface area contributed by atoms with Gasteiger partial charge in [-0.3, -0.25) is 15.6 Å². The zero-order valence-electron chi connectivity index (χ0n) is 14.1. The molecule has 7 heteroatoms. The molecule has 0 bridgehead atoms. The topological polar surface area (TPSA) is 53.2 Å². The molecule has 4 nitrogen and oxygen atoms in total. The molecule has 0 spiro atoms. The van der Waals surface area contributed by atoms with E-state index in [-0.39, 0.29) is 5.91 Å². The normalized spacial score (nSPS) is 10.2. The quantitative estimate of drug-likeness (QED) is 0.524. The summed E-state index contributed by atoms with van der Waals surface area (Å²) < 4.78 is 0. The van der Waals surface area contributed by atoms with E-state index < -0.39 is 0 Å². The second-order valence-electron chi connectivity index (χ2n) is 5.57. The Morgan fingerprint density at radius 1 is 1.12 bits per heavy atom. The molecular formula is C18H20ClN3OS2. The number of carbonyl (C=O) groups is 1. The maximum atomic E-state index is 11.8. The van der Waals surface area contributed by atoms with Gasteiger partial charge in [-0.2, -0.15) is 0 Å². The molecule has 0 unspecified atom stereocenters. The molecule has 2 rings (SSSR count). The zero-order valence-corrected chi connectivity index (χ0v) is 16.4. The molecule has 0 saturated heterocycles. The van der Waals surface area contributed by atoms with E-state index in [0.717, 1.165) is 17.0 Å². The van der Waals surface area contributed by atoms with Crippen molar-refractivity contribution in [2.45, 2.75) is 19.6 Å². The summed E-state index contributed by atoms with van der Waals surface area (Å²) in [6.45, 7) is 3.97. The molecule has 0 aliphatic rings. The number of aryl methyl sites for hydroxylation is 2. The highest BCUT2D eigenvalue weighted by molar-refractivity contribution is 7.99. The predicted octanol–water partition coefficient (Wildman–Crippen LogP) is 4.21. The molecule has 0 saturated carbocycles. The van der Waals surface area contributed by atoms with Gasteiger partial charge in [0.1, 0.15) is 0 Å². The molecule has 2 aromatic carbocycles. The van der Waals surface area contributed by atoms with Crippen LogP contribution in [0.1, 0.15) is 16.7 Å². The predicted molar refractivity (Wildman–Crippen MR) is 111 cm³/mol. The van der Waals surface area contributed by atoms with E-state index in [4.69, 9.17) is 23.8 Å². The van der Waals surface area contributed by atoms with Gasteiger partial charge in [-0.15, -0.1) is 11.8 Å². The first kappa shape index (κ1) is 19.6. The van der Waals surface area contributed by atoms with Crippen molar-refractivity contribution in [3.63, 3.8) is 0 Å². The summed E-state index contributed by atoms with van der Waals surface area (Å²) in [5.74, 6) is 1.01. The smallest absolute Gasteiger partial charge is 0.248 e. The number of thiocarbonyl (C=S) groups is 1. The highest BCUT2D eigenvalue weighted by Crippen LogP contribution is 2.19. The monoisotopic (exact) mass is 393 g/mol. The number of anilines is 1. The summed E-state index contributed by atoms with van der Waals surface area (Å²) in [6, 6.07) is 13.8. The maximum Gasteiger partial charge on any atom is 0.248 e. The fourth-order valence-electron chi connectivity index (χ4n) is 1.99. The number of halogens is 1. The molecule has 0 aliphatic heterocycles. The van der Waals surface area contributed by atoms with Crippen molar-refractivity contribution in [2.24, 2.45) is 0 Å². The molecule has 0 radical (unpaired) electrons. The summed E-state index contributed by atoms with van der Waals surface area (Å²) in [4.78, 5) is 11.8. The summed E-state index contributed by atoms with van der Waals surface area (Å²) in [7, 11) is 0. The van der Waals surface area contributed by atoms with Gasteiger partial charge in [0.25, 0.3) is 0 Å². The third-order valence-electron chi connectivity index (χ3n) is 3.35. The Labute approximate surface area is 162 Å². The number of amides is 1. The minimum absolute atomic E-state index is 0.131. The number of benzene rings is 2. The lowest BCUT2D eigenvalue weighted by Gasteiger charge is -2.12. The van der Waals surface area contributed by atoms with Gasteiger partial charge in [0.05, 0.1) is 5.75 Å². The molecule has 0 heterocycles. The Hall–Kier alpha value is -1.76. The molecule has 2 aromatic rings. The van der Waals surface area contributed by atoms with E-state index in [1.807, 2.05) is 19.1 Å². The first-order chi connectivity index (χ1) is 11.9. The molecule has 0 fully saturated rings. The van der Waals surface area contributed by atoms with Gasteiger partial charge in [0, 0.05) is 16.5 Å². The van der Waals surface area contributed by atoms with E-state index >= 15 is 0 Å². The Morgan fingerprint density at radius 2 is 1.84 bits per heavy atom. The highest BCUT2D eigenvalue weighted by Gasteiger charge is 2.04. The summed E-state index contributed by atoms with van der Waals surface area (Å²) in [6.07, 6.45) is 0. The van der Waals surface area contributed by atoms with E-state index in [0.29, 0.717) is 15.9 Å². The van der Waals surface area contributed by atoms with Crippen LogP contribution in [0.15, 0.2) is 42.5 Å². The van der Waals surface area contributed by atoms with Crippen LogP contribution in [0.3, 0.4) is 0 Å². The highest BCUT2D eigenvalue weighted by atomic mass is 35.5. The summed E-state index contributed by atoms with van der Waals surface area (Å²) in [5.41, 5.74) is 9.47. The maximum absolute atomic E-state index is 11.8. The Balaban J connectivity index is 1.67. The first-order valence-electron chi connectivity index (χ1n) is 7.69. The first-order valence-corrected chi connectivity index (χ1v) is 9.63. The van der Waals surface area contributed by atoms with Crippen molar-refractivity contribution in [2.75, 3.05) is 11.1 Å². The minimum Gasteiger partial charge on any atom is -0.331 e. The lowest BCUT2D eigenvalue weighted by molar-refractivity contribution is -0.119. The molecule has 0 aliphatic carbocycles. The molecule has 25 heavy (non-hydrogen) atoms. The largest absolute Gasteiger partial charge is 0.331 e. The third-order valence-corrected chi connectivity index (χ3v) is 4.99. The number of hydrazine groups is 1. The van der Waals surface area contributed by atoms with Gasteiger partial charge in [-0.05, 0) is 55.4 Å². The van der Waals surface area contributed by atoms with Crippen LogP contribution in [0.25, 0.3) is 0 Å². The van der Waals surface area contributed by atoms with Gasteiger partial charge in [-0.25, -0.2) is 0 Å². The van der Waals surface area contributed by atoms with E-state index in [1.54, 1.807) is 17.8 Å². The van der Waals surface area contributed by atoms with Crippen LogP contribution in [-0.2, 0) is 10.5 Å². The molecule has 1 amide bonds. The van der Waals surface area contributed by atoms with Crippen LogP contribution >= 0.6 is 35.6 Å². The van der Waals surface area contributed by atoms with Crippen molar-refractivity contribution in [1.29, 1.82) is 0 Å². The number of carbonyl (C=O) groups excluding carboxylic acids is 1. The molecule has 0 aromatic heterocycles. The van der Waals surface area contributed by atoms with Crippen LogP contribution in [0, 0.1) is 13.8 Å². The van der Waals surface area contributed by atoms with Crippen LogP contribution in [0.5, 0.6) is 0 Å². The molecule has 3 N–H and O–H groups in total. The Kier molecular flexibility index (Phi) is 7.55. The molecule has 0 atom stereocenters.